The number of imidazole rings is 2. The highest BCUT2D eigenvalue weighted by molar-refractivity contribution is 7.25. The van der Waals surface area contributed by atoms with Gasteiger partial charge in [-0.15, -0.1) is 45.3 Å². The minimum Gasteiger partial charge on any atom is -0.473 e. The molecule has 22 heterocycles. The number of fused-ring (bicyclic) bond motifs is 5. The zero-order valence-corrected chi connectivity index (χ0v) is 75.2. The van der Waals surface area contributed by atoms with Gasteiger partial charge in [0.2, 0.25) is 0 Å². The van der Waals surface area contributed by atoms with E-state index < -0.39 is 0 Å². The van der Waals surface area contributed by atoms with E-state index in [1.807, 2.05) is 192 Å². The molecule has 0 saturated heterocycles. The van der Waals surface area contributed by atoms with Gasteiger partial charge in [-0.2, -0.15) is 26.7 Å². The smallest absolute Gasteiger partial charge is 0.180 e. The molecule has 35 heteroatoms. The van der Waals surface area contributed by atoms with Crippen LogP contribution in [0.3, 0.4) is 0 Å². The third-order valence-corrected chi connectivity index (χ3v) is 18.1. The summed E-state index contributed by atoms with van der Waals surface area (Å²) in [6.45, 7) is 0.778. The first-order valence-electron chi connectivity index (χ1n) is 38.9. The molecule has 1 aliphatic heterocycles. The molecule has 4 aromatic carbocycles. The fourth-order valence-corrected chi connectivity index (χ4v) is 11.9. The third-order valence-electron chi connectivity index (χ3n) is 13.6. The van der Waals surface area contributed by atoms with Crippen LogP contribution in [0.5, 0.6) is 0 Å². The summed E-state index contributed by atoms with van der Waals surface area (Å²) in [6.07, 6.45) is 67.1. The Morgan fingerprint density at radius 3 is 1.10 bits per heavy atom. The second-order valence-electron chi connectivity index (χ2n) is 22.8. The lowest BCUT2D eigenvalue weighted by Crippen LogP contribution is -1.78. The number of furan rings is 1. The van der Waals surface area contributed by atoms with Gasteiger partial charge in [0.1, 0.15) is 25.2 Å². The SMILES string of the molecule is C.C.C.C.C.C.C.C.C.C.C.C.C.C.C.C1=CN=NC1.c1c[nH]cn1.c1cc2sccc2s1.c1cc[nH]c1.c1ccc2[nH]ccc2c1.c1ccc2[nH]cnc2c1.c1ccc2nccnc2c1.c1ccc2sccc2c1.c1ccncc1.c1ccncc1.c1ccoc1.c1ccsc1.c1cn[nH]c1.c1cnccn1.c1cnccn1.c1cncnc1.c1cncnc1.c1cnoc1.c1cnsc1.c1cocn1.c1cscn1. The minimum absolute atomic E-state index is 0. The van der Waals surface area contributed by atoms with Crippen LogP contribution >= 0.6 is 68.2 Å². The zero-order chi connectivity index (χ0) is 91.3. The molecule has 0 bridgehead atoms. The predicted octanol–water partition coefficient (Wildman–Crippen LogP) is 34.3. The van der Waals surface area contributed by atoms with Crippen molar-refractivity contribution < 1.29 is 13.4 Å². The maximum Gasteiger partial charge on any atom is 0.180 e. The lowest BCUT2D eigenvalue weighted by Gasteiger charge is -1.90. The Kier molecular flexibility index (Phi) is 118. The van der Waals surface area contributed by atoms with Crippen LogP contribution in [0.25, 0.3) is 52.5 Å². The second kappa shape index (κ2) is 115. The van der Waals surface area contributed by atoms with Gasteiger partial charge in [-0.3, -0.25) is 50.0 Å². The molecular weight excluding hydrogens is 1940 g/mol. The van der Waals surface area contributed by atoms with Crippen LogP contribution < -0.4 is 0 Å². The van der Waals surface area contributed by atoms with Gasteiger partial charge in [-0.05, 0) is 195 Å². The summed E-state index contributed by atoms with van der Waals surface area (Å²) in [6, 6.07) is 72.9. The molecule has 5 N–H and O–H groups in total. The number of azo groups is 1. The van der Waals surface area contributed by atoms with Gasteiger partial charge >= 0.3 is 0 Å². The van der Waals surface area contributed by atoms with Crippen molar-refractivity contribution in [3.8, 4) is 0 Å². The van der Waals surface area contributed by atoms with E-state index in [-0.39, 0.29) is 111 Å². The Balaban J connectivity index is -0.000000166. The molecule has 0 saturated carbocycles. The first-order valence-corrected chi connectivity index (χ1v) is 44.3. The fraction of sp³-hybridized carbons (Fsp3) is 0.144. The van der Waals surface area contributed by atoms with Gasteiger partial charge in [0.05, 0.1) is 71.7 Å². The number of H-pyrrole nitrogens is 5. The zero-order valence-electron chi connectivity index (χ0n) is 70.3. The highest BCUT2D eigenvalue weighted by atomic mass is 32.1. The second-order valence-corrected chi connectivity index (χ2v) is 27.9. The lowest BCUT2D eigenvalue weighted by atomic mass is 10.3. The highest BCUT2D eigenvalue weighted by Crippen LogP contribution is 2.25. The third kappa shape index (κ3) is 85.2. The number of rotatable bonds is 0. The summed E-state index contributed by atoms with van der Waals surface area (Å²) in [7, 11) is 0. The Hall–Kier alpha value is -16.8. The number of aromatic nitrogens is 24. The molecule has 0 atom stereocenters. The molecule has 1 aliphatic rings. The van der Waals surface area contributed by atoms with Crippen LogP contribution in [-0.2, 0) is 0 Å². The van der Waals surface area contributed by atoms with Gasteiger partial charge in [-0.25, -0.2) is 39.3 Å². The molecule has 0 fully saturated rings. The number of hydrogen-bond donors (Lipinski definition) is 5. The average Bonchev–Trinajstić information content (AvgIpc) is 1.58. The summed E-state index contributed by atoms with van der Waals surface area (Å²) in [5.41, 5.74) is 7.02. The number of aromatic amines is 5. The molecule has 29 nitrogen and oxygen atoms in total. The highest BCUT2D eigenvalue weighted by Gasteiger charge is 1.93. The summed E-state index contributed by atoms with van der Waals surface area (Å²) in [5, 5.41) is 33.6. The Labute approximate surface area is 891 Å². The number of nitrogens with zero attached hydrogens (tertiary/aromatic N) is 21. The van der Waals surface area contributed by atoms with Gasteiger partial charge < -0.3 is 33.3 Å². The summed E-state index contributed by atoms with van der Waals surface area (Å²) >= 11 is 10.2. The molecule has 146 heavy (non-hydrogen) atoms. The standard InChI is InChI=1S/C8H6N2.C8H7N.C8H6S.C7H6N2.C6H4S2.2C5H5N.4C4H4N2.C4H5N.C4H4O.C4H4S.3C3H4N2.2C3H3NO.2C3H3NS.15CH4/c1-2-4-8-7(3-1)9-5-6-10-8;2*1-2-4-8-7(3-1)5-6-9-8;1-2-4-7-6(3-1)8-5-9-7;1-3-7-6-2-4-8-5(1)6;2*1-2-4-6-5-3-1;2*1-2-6-4-3-5-1;2*1-2-5-4-6-3-1;3*1-2-4-5-3-1;1-2-5-3-4-1;2*1-2-4-5-3-1;1-2-5-3-4-1;1-2-4-5-3-1;1-2-5-3-4-1;1-2-4-5-3-1;;;;;;;;;;;;;;;/h1-6H;1-6,9H;1-6H;1-5H,(H,8,9);1-4H;2*1-5H;4*1-4H;1-5H;2*1-4H;1-3H,(H,4,5);1-2H,3H2;1-3H,(H,4,5);4*1-3H;15*1H4. The molecule has 26 rings (SSSR count). The van der Waals surface area contributed by atoms with E-state index in [1.54, 1.807) is 273 Å². The number of para-hydroxylation sites is 5. The monoisotopic (exact) mass is 2090 g/mol. The topological polar surface area (TPSA) is 388 Å². The van der Waals surface area contributed by atoms with Gasteiger partial charge in [-0.1, -0.05) is 201 Å². The van der Waals surface area contributed by atoms with Crippen LogP contribution in [0.1, 0.15) is 111 Å². The van der Waals surface area contributed by atoms with Crippen molar-refractivity contribution in [3.63, 3.8) is 0 Å². The van der Waals surface area contributed by atoms with Crippen LogP contribution in [-0.4, -0.2) is 126 Å². The van der Waals surface area contributed by atoms with Crippen molar-refractivity contribution in [3.05, 3.63) is 516 Å². The van der Waals surface area contributed by atoms with Gasteiger partial charge in [0.15, 0.2) is 6.39 Å². The molecule has 0 amide bonds. The Bertz CT molecular complexity index is 5010. The molecule has 0 aliphatic carbocycles. The van der Waals surface area contributed by atoms with Gasteiger partial charge in [0, 0.05) is 204 Å². The number of thiazole rings is 1. The number of benzene rings is 4. The number of thiophene rings is 4. The van der Waals surface area contributed by atoms with E-state index in [1.165, 1.54) is 73.5 Å². The number of pyridine rings is 2. The first kappa shape index (κ1) is 149. The van der Waals surface area contributed by atoms with Crippen molar-refractivity contribution in [2.75, 3.05) is 6.54 Å². The molecule has 0 unspecified atom stereocenters. The summed E-state index contributed by atoms with van der Waals surface area (Å²) in [5.74, 6) is 0. The number of oxazole rings is 1. The first-order chi connectivity index (χ1) is 65.3. The maximum atomic E-state index is 4.58. The normalized spacial score (nSPS) is 8.19. The molecule has 25 aromatic rings. The van der Waals surface area contributed by atoms with Crippen LogP contribution in [0, 0.1) is 0 Å². The van der Waals surface area contributed by atoms with E-state index in [4.69, 9.17) is 0 Å². The Morgan fingerprint density at radius 2 is 0.801 bits per heavy atom. The molecule has 21 aromatic heterocycles. The van der Waals surface area contributed by atoms with E-state index >= 15 is 0 Å². The maximum absolute atomic E-state index is 4.58. The molecular formula is C111H152N26O3S6. The summed E-state index contributed by atoms with van der Waals surface area (Å²) in [4.78, 5) is 72.2. The van der Waals surface area contributed by atoms with Crippen molar-refractivity contribution >= 4 is 121 Å². The molecule has 780 valence electrons. The van der Waals surface area contributed by atoms with E-state index in [2.05, 4.69) is 220 Å². The van der Waals surface area contributed by atoms with Crippen LogP contribution in [0.4, 0.5) is 0 Å². The van der Waals surface area contributed by atoms with E-state index in [0.717, 1.165) is 28.6 Å². The fourth-order valence-electron chi connectivity index (χ4n) is 8.13. The predicted molar refractivity (Wildman–Crippen MR) is 630 cm³/mol. The number of nitrogens with one attached hydrogen (secondary N) is 5. The van der Waals surface area contributed by atoms with Gasteiger partial charge in [0.25, 0.3) is 0 Å². The van der Waals surface area contributed by atoms with Crippen LogP contribution in [0.2, 0.25) is 0 Å². The largest absolute Gasteiger partial charge is 0.473 e. The van der Waals surface area contributed by atoms with Crippen molar-refractivity contribution in [1.29, 1.82) is 0 Å². The van der Waals surface area contributed by atoms with Crippen molar-refractivity contribution in [2.45, 2.75) is 111 Å². The van der Waals surface area contributed by atoms with Crippen molar-refractivity contribution in [1.82, 2.24) is 119 Å². The van der Waals surface area contributed by atoms with Crippen molar-refractivity contribution in [2.24, 2.45) is 10.2 Å². The summed E-state index contributed by atoms with van der Waals surface area (Å²) < 4.78 is 21.3. The molecule has 0 radical (unpaired) electrons. The molecule has 0 spiro atoms. The Morgan fingerprint density at radius 1 is 0.274 bits per heavy atom. The van der Waals surface area contributed by atoms with E-state index in [0.29, 0.717) is 0 Å². The average molecular weight is 2090 g/mol. The quantitative estimate of drug-likeness (QED) is 0.0941. The lowest BCUT2D eigenvalue weighted by molar-refractivity contribution is 0.420. The number of hydrogen-bond acceptors (Lipinski definition) is 30. The minimum atomic E-state index is 0. The van der Waals surface area contributed by atoms with Crippen LogP contribution in [0.15, 0.2) is 540 Å². The van der Waals surface area contributed by atoms with E-state index in [9.17, 15) is 0 Å².